The Kier molecular flexibility index (Phi) is 3.25. The number of aromatic nitrogens is 2. The van der Waals surface area contributed by atoms with E-state index in [9.17, 15) is 0 Å². The Balaban J connectivity index is 1.96. The molecule has 0 saturated carbocycles. The highest BCUT2D eigenvalue weighted by molar-refractivity contribution is 5.13. The zero-order valence-corrected chi connectivity index (χ0v) is 8.56. The Morgan fingerprint density at radius 1 is 1.67 bits per heavy atom. The number of rotatable bonds is 3. The maximum Gasteiger partial charge on any atom is 0.158 e. The molecule has 4 heteroatoms. The molecule has 1 saturated heterocycles. The lowest BCUT2D eigenvalue weighted by Crippen LogP contribution is -2.18. The second kappa shape index (κ2) is 4.85. The van der Waals surface area contributed by atoms with Gasteiger partial charge in [-0.15, -0.1) is 6.42 Å². The minimum atomic E-state index is 0.0573. The fourth-order valence-corrected chi connectivity index (χ4v) is 1.61. The van der Waals surface area contributed by atoms with Gasteiger partial charge in [-0.05, 0) is 19.3 Å². The van der Waals surface area contributed by atoms with E-state index >= 15 is 0 Å². The Labute approximate surface area is 89.2 Å². The first-order chi connectivity index (χ1) is 7.40. The zero-order valence-electron chi connectivity index (χ0n) is 8.56. The SMILES string of the molecule is C#CCOc1cnn(C2CCCCO2)c1. The van der Waals surface area contributed by atoms with Gasteiger partial charge >= 0.3 is 0 Å². The van der Waals surface area contributed by atoms with Crippen LogP contribution in [-0.4, -0.2) is 23.0 Å². The molecule has 0 amide bonds. The molecule has 0 radical (unpaired) electrons. The van der Waals surface area contributed by atoms with Crippen LogP contribution in [0.2, 0.25) is 0 Å². The molecule has 1 unspecified atom stereocenters. The average molecular weight is 206 g/mol. The van der Waals surface area contributed by atoms with Crippen molar-refractivity contribution in [2.24, 2.45) is 0 Å². The number of hydrogen-bond donors (Lipinski definition) is 0. The van der Waals surface area contributed by atoms with Gasteiger partial charge in [-0.25, -0.2) is 4.68 Å². The predicted octanol–water partition coefficient (Wildman–Crippen LogP) is 1.59. The summed E-state index contributed by atoms with van der Waals surface area (Å²) in [6.07, 6.45) is 12.0. The maximum absolute atomic E-state index is 5.59. The van der Waals surface area contributed by atoms with Gasteiger partial charge in [0.15, 0.2) is 5.75 Å². The van der Waals surface area contributed by atoms with Gasteiger partial charge in [0.2, 0.25) is 0 Å². The molecular weight excluding hydrogens is 192 g/mol. The van der Waals surface area contributed by atoms with Crippen molar-refractivity contribution < 1.29 is 9.47 Å². The van der Waals surface area contributed by atoms with E-state index < -0.39 is 0 Å². The topological polar surface area (TPSA) is 36.3 Å². The standard InChI is InChI=1S/C11H14N2O2/c1-2-6-14-10-8-12-13(9-10)11-5-3-4-7-15-11/h1,8-9,11H,3-7H2. The van der Waals surface area contributed by atoms with Gasteiger partial charge in [0.05, 0.1) is 12.4 Å². The predicted molar refractivity (Wildman–Crippen MR) is 55.4 cm³/mol. The van der Waals surface area contributed by atoms with Crippen molar-refractivity contribution >= 4 is 0 Å². The first kappa shape index (κ1) is 10.1. The van der Waals surface area contributed by atoms with Crippen LogP contribution in [0.15, 0.2) is 12.4 Å². The molecule has 1 atom stereocenters. The van der Waals surface area contributed by atoms with E-state index in [2.05, 4.69) is 11.0 Å². The molecule has 0 aliphatic carbocycles. The first-order valence-corrected chi connectivity index (χ1v) is 5.12. The molecular formula is C11H14N2O2. The fraction of sp³-hybridized carbons (Fsp3) is 0.545. The molecule has 0 spiro atoms. The number of hydrogen-bond acceptors (Lipinski definition) is 3. The van der Waals surface area contributed by atoms with Crippen molar-refractivity contribution in [2.45, 2.75) is 25.5 Å². The van der Waals surface area contributed by atoms with Gasteiger partial charge in [-0.2, -0.15) is 5.10 Å². The molecule has 15 heavy (non-hydrogen) atoms. The van der Waals surface area contributed by atoms with Crippen LogP contribution in [0.3, 0.4) is 0 Å². The van der Waals surface area contributed by atoms with Crippen molar-refractivity contribution in [3.63, 3.8) is 0 Å². The number of terminal acetylenes is 1. The first-order valence-electron chi connectivity index (χ1n) is 5.12. The molecule has 1 fully saturated rings. The third kappa shape index (κ3) is 2.51. The van der Waals surface area contributed by atoms with Crippen LogP contribution in [0.25, 0.3) is 0 Å². The van der Waals surface area contributed by atoms with E-state index in [0.29, 0.717) is 5.75 Å². The van der Waals surface area contributed by atoms with Gasteiger partial charge in [0, 0.05) is 6.61 Å². The van der Waals surface area contributed by atoms with Crippen molar-refractivity contribution in [3.05, 3.63) is 12.4 Å². The van der Waals surface area contributed by atoms with Crippen molar-refractivity contribution in [1.82, 2.24) is 9.78 Å². The van der Waals surface area contributed by atoms with Gasteiger partial charge in [0.25, 0.3) is 0 Å². The lowest BCUT2D eigenvalue weighted by atomic mass is 10.2. The molecule has 1 aliphatic heterocycles. The van der Waals surface area contributed by atoms with E-state index in [0.717, 1.165) is 19.4 Å². The van der Waals surface area contributed by atoms with Crippen LogP contribution in [0.1, 0.15) is 25.5 Å². The summed E-state index contributed by atoms with van der Waals surface area (Å²) in [6.45, 7) is 1.09. The summed E-state index contributed by atoms with van der Waals surface area (Å²) < 4.78 is 12.6. The highest BCUT2D eigenvalue weighted by atomic mass is 16.5. The van der Waals surface area contributed by atoms with Gasteiger partial charge < -0.3 is 9.47 Å². The molecule has 1 aromatic heterocycles. The van der Waals surface area contributed by atoms with E-state index in [-0.39, 0.29) is 12.8 Å². The lowest BCUT2D eigenvalue weighted by Gasteiger charge is -2.22. The third-order valence-electron chi connectivity index (χ3n) is 2.35. The van der Waals surface area contributed by atoms with Crippen molar-refractivity contribution in [2.75, 3.05) is 13.2 Å². The molecule has 0 bridgehead atoms. The molecule has 1 aliphatic rings. The molecule has 0 N–H and O–H groups in total. The number of nitrogens with zero attached hydrogens (tertiary/aromatic N) is 2. The lowest BCUT2D eigenvalue weighted by molar-refractivity contribution is -0.0395. The molecule has 0 aromatic carbocycles. The van der Waals surface area contributed by atoms with Crippen LogP contribution in [0, 0.1) is 12.3 Å². The fourth-order valence-electron chi connectivity index (χ4n) is 1.61. The van der Waals surface area contributed by atoms with Crippen LogP contribution < -0.4 is 4.74 Å². The minimum absolute atomic E-state index is 0.0573. The second-order valence-corrected chi connectivity index (χ2v) is 3.47. The van der Waals surface area contributed by atoms with Crippen molar-refractivity contribution in [3.8, 4) is 18.1 Å². The summed E-state index contributed by atoms with van der Waals surface area (Å²) in [7, 11) is 0. The highest BCUT2D eigenvalue weighted by Crippen LogP contribution is 2.23. The Bertz CT molecular complexity index is 348. The Morgan fingerprint density at radius 3 is 3.33 bits per heavy atom. The van der Waals surface area contributed by atoms with Gasteiger partial charge in [-0.1, -0.05) is 5.92 Å². The molecule has 1 aromatic rings. The summed E-state index contributed by atoms with van der Waals surface area (Å²) in [5, 5.41) is 4.19. The Hall–Kier alpha value is -1.47. The second-order valence-electron chi connectivity index (χ2n) is 3.47. The van der Waals surface area contributed by atoms with Crippen LogP contribution in [0.5, 0.6) is 5.75 Å². The maximum atomic E-state index is 5.59. The quantitative estimate of drug-likeness (QED) is 0.705. The summed E-state index contributed by atoms with van der Waals surface area (Å²) in [6, 6.07) is 0. The normalized spacial score (nSPS) is 20.9. The Morgan fingerprint density at radius 2 is 2.60 bits per heavy atom. The van der Waals surface area contributed by atoms with Crippen LogP contribution >= 0.6 is 0 Å². The minimum Gasteiger partial charge on any atom is -0.478 e. The summed E-state index contributed by atoms with van der Waals surface area (Å²) in [4.78, 5) is 0. The van der Waals surface area contributed by atoms with E-state index in [1.807, 2.05) is 6.20 Å². The summed E-state index contributed by atoms with van der Waals surface area (Å²) in [5.41, 5.74) is 0. The smallest absolute Gasteiger partial charge is 0.158 e. The zero-order chi connectivity index (χ0) is 10.5. The molecule has 2 rings (SSSR count). The third-order valence-corrected chi connectivity index (χ3v) is 2.35. The highest BCUT2D eigenvalue weighted by Gasteiger charge is 2.16. The van der Waals surface area contributed by atoms with E-state index in [4.69, 9.17) is 15.9 Å². The van der Waals surface area contributed by atoms with E-state index in [1.165, 1.54) is 6.42 Å². The number of ether oxygens (including phenoxy) is 2. The van der Waals surface area contributed by atoms with Gasteiger partial charge in [-0.3, -0.25) is 0 Å². The monoisotopic (exact) mass is 206 g/mol. The summed E-state index contributed by atoms with van der Waals surface area (Å²) in [5.74, 6) is 3.11. The summed E-state index contributed by atoms with van der Waals surface area (Å²) >= 11 is 0. The molecule has 2 heterocycles. The van der Waals surface area contributed by atoms with E-state index in [1.54, 1.807) is 10.9 Å². The molecule has 80 valence electrons. The largest absolute Gasteiger partial charge is 0.478 e. The molecule has 4 nitrogen and oxygen atoms in total. The van der Waals surface area contributed by atoms with Crippen molar-refractivity contribution in [1.29, 1.82) is 0 Å². The van der Waals surface area contributed by atoms with Crippen LogP contribution in [-0.2, 0) is 4.74 Å². The average Bonchev–Trinajstić information content (AvgIpc) is 2.76. The van der Waals surface area contributed by atoms with Gasteiger partial charge in [0.1, 0.15) is 12.8 Å². The van der Waals surface area contributed by atoms with Crippen LogP contribution in [0.4, 0.5) is 0 Å².